The van der Waals surface area contributed by atoms with Crippen molar-refractivity contribution in [1.29, 1.82) is 0 Å². The Morgan fingerprint density at radius 3 is 2.47 bits per heavy atom. The lowest BCUT2D eigenvalue weighted by Crippen LogP contribution is -2.21. The molecule has 0 heterocycles. The molecule has 1 rings (SSSR count). The van der Waals surface area contributed by atoms with Crippen molar-refractivity contribution in [3.63, 3.8) is 0 Å². The van der Waals surface area contributed by atoms with Gasteiger partial charge < -0.3 is 14.8 Å². The van der Waals surface area contributed by atoms with Crippen molar-refractivity contribution in [3.8, 4) is 0 Å². The number of carbonyl (C=O) groups excluding carboxylic acids is 3. The summed E-state index contributed by atoms with van der Waals surface area (Å²) in [5.74, 6) is -1.03. The van der Waals surface area contributed by atoms with E-state index in [0.717, 1.165) is 5.56 Å². The summed E-state index contributed by atoms with van der Waals surface area (Å²) in [6.45, 7) is 2.93. The van der Waals surface area contributed by atoms with Gasteiger partial charge in [0.05, 0.1) is 6.42 Å². The van der Waals surface area contributed by atoms with Crippen LogP contribution in [0.1, 0.15) is 25.3 Å². The van der Waals surface area contributed by atoms with Crippen LogP contribution in [0.3, 0.4) is 0 Å². The molecule has 5 nitrogen and oxygen atoms in total. The van der Waals surface area contributed by atoms with E-state index in [4.69, 9.17) is 4.74 Å². The highest BCUT2D eigenvalue weighted by molar-refractivity contribution is 5.93. The quantitative estimate of drug-likeness (QED) is 0.795. The minimum absolute atomic E-state index is 0.00692. The largest absolute Gasteiger partial charge is 0.456 e. The van der Waals surface area contributed by atoms with Gasteiger partial charge in [-0.2, -0.15) is 0 Å². The number of esters is 1. The second-order valence-corrected chi connectivity index (χ2v) is 4.23. The Labute approximate surface area is 111 Å². The average Bonchev–Trinajstić information content (AvgIpc) is 2.36. The van der Waals surface area contributed by atoms with Crippen molar-refractivity contribution in [2.45, 2.75) is 26.7 Å². The van der Waals surface area contributed by atoms with Crippen molar-refractivity contribution in [2.24, 2.45) is 0 Å². The maximum atomic E-state index is 11.6. The summed E-state index contributed by atoms with van der Waals surface area (Å²) < 4.78 is 4.76. The van der Waals surface area contributed by atoms with Gasteiger partial charge in [-0.25, -0.2) is 0 Å². The second kappa shape index (κ2) is 7.31. The lowest BCUT2D eigenvalue weighted by Gasteiger charge is -2.08. The van der Waals surface area contributed by atoms with E-state index in [-0.39, 0.29) is 25.2 Å². The summed E-state index contributed by atoms with van der Waals surface area (Å²) in [6, 6.07) is 7.31. The third-order valence-electron chi connectivity index (χ3n) is 2.46. The van der Waals surface area contributed by atoms with Gasteiger partial charge in [0.2, 0.25) is 0 Å². The third kappa shape index (κ3) is 5.81. The zero-order valence-corrected chi connectivity index (χ0v) is 11.1. The molecule has 1 amide bonds. The summed E-state index contributed by atoms with van der Waals surface area (Å²) in [4.78, 5) is 33.4. The molecule has 0 unspecified atom stereocenters. The summed E-state index contributed by atoms with van der Waals surface area (Å²) >= 11 is 0. The van der Waals surface area contributed by atoms with E-state index in [1.54, 1.807) is 6.07 Å². The molecule has 1 aromatic rings. The van der Waals surface area contributed by atoms with Crippen LogP contribution >= 0.6 is 0 Å². The first-order valence-corrected chi connectivity index (χ1v) is 5.99. The molecule has 0 radical (unpaired) electrons. The van der Waals surface area contributed by atoms with Gasteiger partial charge in [-0.1, -0.05) is 18.2 Å². The highest BCUT2D eigenvalue weighted by Crippen LogP contribution is 2.12. The fourth-order valence-electron chi connectivity index (χ4n) is 1.40. The number of nitrogens with one attached hydrogen (secondary N) is 1. The number of carbonyl (C=O) groups is 3. The Balaban J connectivity index is 2.34. The third-order valence-corrected chi connectivity index (χ3v) is 2.46. The van der Waals surface area contributed by atoms with E-state index in [0.29, 0.717) is 5.69 Å². The molecular weight excluding hydrogens is 246 g/mol. The van der Waals surface area contributed by atoms with Crippen LogP contribution in [0.4, 0.5) is 5.69 Å². The van der Waals surface area contributed by atoms with Crippen molar-refractivity contribution in [2.75, 3.05) is 11.9 Å². The van der Waals surface area contributed by atoms with Gasteiger partial charge in [-0.05, 0) is 25.5 Å². The number of ether oxygens (including phenoxy) is 1. The SMILES string of the molecule is CC(=O)CCC(=O)OCC(=O)Nc1ccccc1C. The molecular formula is C14H17NO4. The molecule has 0 aliphatic heterocycles. The van der Waals surface area contributed by atoms with Crippen molar-refractivity contribution >= 4 is 23.3 Å². The monoisotopic (exact) mass is 263 g/mol. The van der Waals surface area contributed by atoms with E-state index in [1.165, 1.54) is 6.92 Å². The van der Waals surface area contributed by atoms with Gasteiger partial charge in [0.25, 0.3) is 5.91 Å². The number of anilines is 1. The van der Waals surface area contributed by atoms with Gasteiger partial charge in [0.1, 0.15) is 5.78 Å². The van der Waals surface area contributed by atoms with Crippen LogP contribution in [0.5, 0.6) is 0 Å². The molecule has 0 atom stereocenters. The molecule has 19 heavy (non-hydrogen) atoms. The summed E-state index contributed by atoms with van der Waals surface area (Å²) in [6.07, 6.45) is 0.144. The number of para-hydroxylation sites is 1. The summed E-state index contributed by atoms with van der Waals surface area (Å²) in [5.41, 5.74) is 1.62. The first kappa shape index (κ1) is 14.9. The molecule has 0 bridgehead atoms. The van der Waals surface area contributed by atoms with E-state index in [1.807, 2.05) is 25.1 Å². The molecule has 0 aliphatic carbocycles. The molecule has 0 fully saturated rings. The fourth-order valence-corrected chi connectivity index (χ4v) is 1.40. The standard InChI is InChI=1S/C14H17NO4/c1-10-5-3-4-6-12(10)15-13(17)9-19-14(18)8-7-11(2)16/h3-6H,7-9H2,1-2H3,(H,15,17). The predicted octanol–water partition coefficient (Wildman–Crippen LogP) is 1.85. The minimum Gasteiger partial charge on any atom is -0.456 e. The fraction of sp³-hybridized carbons (Fsp3) is 0.357. The van der Waals surface area contributed by atoms with E-state index in [2.05, 4.69) is 5.32 Å². The lowest BCUT2D eigenvalue weighted by atomic mass is 10.2. The Bertz CT molecular complexity index is 482. The highest BCUT2D eigenvalue weighted by Gasteiger charge is 2.09. The van der Waals surface area contributed by atoms with Crippen LogP contribution in [-0.2, 0) is 19.1 Å². The Morgan fingerprint density at radius 2 is 1.84 bits per heavy atom. The number of ketones is 1. The van der Waals surface area contributed by atoms with Crippen LogP contribution < -0.4 is 5.32 Å². The number of rotatable bonds is 6. The number of Topliss-reactive ketones (excluding diaryl/α,β-unsaturated/α-hetero) is 1. The normalized spacial score (nSPS) is 9.79. The van der Waals surface area contributed by atoms with Crippen molar-refractivity contribution < 1.29 is 19.1 Å². The molecule has 0 aliphatic rings. The number of hydrogen-bond acceptors (Lipinski definition) is 4. The molecule has 0 saturated heterocycles. The predicted molar refractivity (Wildman–Crippen MR) is 70.7 cm³/mol. The van der Waals surface area contributed by atoms with E-state index in [9.17, 15) is 14.4 Å². The van der Waals surface area contributed by atoms with Crippen LogP contribution in [-0.4, -0.2) is 24.3 Å². The van der Waals surface area contributed by atoms with Crippen LogP contribution in [0.25, 0.3) is 0 Å². The topological polar surface area (TPSA) is 72.5 Å². The van der Waals surface area contributed by atoms with E-state index >= 15 is 0 Å². The highest BCUT2D eigenvalue weighted by atomic mass is 16.5. The smallest absolute Gasteiger partial charge is 0.306 e. The number of aryl methyl sites for hydroxylation is 1. The van der Waals surface area contributed by atoms with Gasteiger partial charge in [0, 0.05) is 12.1 Å². The van der Waals surface area contributed by atoms with E-state index < -0.39 is 11.9 Å². The maximum absolute atomic E-state index is 11.6. The molecule has 1 aromatic carbocycles. The molecule has 102 valence electrons. The van der Waals surface area contributed by atoms with Crippen LogP contribution in [0, 0.1) is 6.92 Å². The summed E-state index contributed by atoms with van der Waals surface area (Å²) in [5, 5.41) is 2.65. The summed E-state index contributed by atoms with van der Waals surface area (Å²) in [7, 11) is 0. The van der Waals surface area contributed by atoms with Crippen molar-refractivity contribution in [1.82, 2.24) is 0 Å². The first-order valence-electron chi connectivity index (χ1n) is 5.99. The Kier molecular flexibility index (Phi) is 5.73. The van der Waals surface area contributed by atoms with Crippen LogP contribution in [0.15, 0.2) is 24.3 Å². The van der Waals surface area contributed by atoms with Crippen LogP contribution in [0.2, 0.25) is 0 Å². The molecule has 0 saturated carbocycles. The lowest BCUT2D eigenvalue weighted by molar-refractivity contribution is -0.148. The number of amides is 1. The van der Waals surface area contributed by atoms with Crippen molar-refractivity contribution in [3.05, 3.63) is 29.8 Å². The second-order valence-electron chi connectivity index (χ2n) is 4.23. The van der Waals surface area contributed by atoms with Gasteiger partial charge in [-0.15, -0.1) is 0 Å². The molecule has 0 spiro atoms. The number of benzene rings is 1. The molecule has 5 heteroatoms. The zero-order chi connectivity index (χ0) is 14.3. The first-order chi connectivity index (χ1) is 8.99. The Morgan fingerprint density at radius 1 is 1.16 bits per heavy atom. The van der Waals surface area contributed by atoms with Gasteiger partial charge >= 0.3 is 5.97 Å². The maximum Gasteiger partial charge on any atom is 0.306 e. The molecule has 1 N–H and O–H groups in total. The van der Waals surface area contributed by atoms with Gasteiger partial charge in [-0.3, -0.25) is 9.59 Å². The molecule has 0 aromatic heterocycles. The Hall–Kier alpha value is -2.17. The average molecular weight is 263 g/mol. The number of hydrogen-bond donors (Lipinski definition) is 1. The minimum atomic E-state index is -0.546. The van der Waals surface area contributed by atoms with Gasteiger partial charge in [0.15, 0.2) is 6.61 Å². The zero-order valence-electron chi connectivity index (χ0n) is 11.1.